The maximum absolute atomic E-state index is 13.6. The molecule has 0 unspecified atom stereocenters. The molecule has 2 aromatic carbocycles. The van der Waals surface area contributed by atoms with Crippen LogP contribution < -0.4 is 20.1 Å². The Hall–Kier alpha value is -2.03. The summed E-state index contributed by atoms with van der Waals surface area (Å²) in [7, 11) is 3.31. The highest BCUT2D eigenvalue weighted by Crippen LogP contribution is 2.18. The van der Waals surface area contributed by atoms with Gasteiger partial charge in [-0.1, -0.05) is 24.3 Å². The van der Waals surface area contributed by atoms with E-state index >= 15 is 0 Å². The standard InChI is InChI=1S/C19H24FN3O2.HI/c1-21-19(23-14-15-7-3-4-10-18(15)20)22-11-6-12-25-17-9-5-8-16(13-17)24-2;/h3-5,7-10,13H,6,11-12,14H2,1-2H3,(H2,21,22,23);1H. The van der Waals surface area contributed by atoms with Gasteiger partial charge < -0.3 is 20.1 Å². The lowest BCUT2D eigenvalue weighted by molar-refractivity contribution is 0.308. The molecule has 0 saturated heterocycles. The molecule has 26 heavy (non-hydrogen) atoms. The molecule has 142 valence electrons. The molecule has 0 aliphatic carbocycles. The second kappa shape index (κ2) is 12.3. The molecule has 0 aliphatic heterocycles. The number of hydrogen-bond acceptors (Lipinski definition) is 3. The lowest BCUT2D eigenvalue weighted by Gasteiger charge is -2.13. The topological polar surface area (TPSA) is 54.9 Å². The van der Waals surface area contributed by atoms with Gasteiger partial charge in [-0.05, 0) is 24.6 Å². The van der Waals surface area contributed by atoms with Gasteiger partial charge in [-0.2, -0.15) is 0 Å². The van der Waals surface area contributed by atoms with Gasteiger partial charge in [-0.25, -0.2) is 4.39 Å². The molecule has 2 aromatic rings. The Morgan fingerprint density at radius 1 is 1.08 bits per heavy atom. The van der Waals surface area contributed by atoms with E-state index in [0.29, 0.717) is 31.2 Å². The number of rotatable bonds is 8. The lowest BCUT2D eigenvalue weighted by atomic mass is 10.2. The van der Waals surface area contributed by atoms with Crippen LogP contribution in [0.2, 0.25) is 0 Å². The van der Waals surface area contributed by atoms with Gasteiger partial charge in [0.25, 0.3) is 0 Å². The first-order valence-corrected chi connectivity index (χ1v) is 8.17. The number of halogens is 2. The summed E-state index contributed by atoms with van der Waals surface area (Å²) in [6, 6.07) is 14.2. The molecule has 7 heteroatoms. The van der Waals surface area contributed by atoms with E-state index in [1.54, 1.807) is 26.3 Å². The normalized spacial score (nSPS) is 10.7. The van der Waals surface area contributed by atoms with Crippen LogP contribution in [0.5, 0.6) is 11.5 Å². The number of guanidine groups is 1. The van der Waals surface area contributed by atoms with Gasteiger partial charge >= 0.3 is 0 Å². The van der Waals surface area contributed by atoms with Crippen molar-refractivity contribution in [2.24, 2.45) is 4.99 Å². The fourth-order valence-corrected chi connectivity index (χ4v) is 2.20. The van der Waals surface area contributed by atoms with E-state index in [2.05, 4.69) is 15.6 Å². The highest BCUT2D eigenvalue weighted by molar-refractivity contribution is 14.0. The van der Waals surface area contributed by atoms with Crippen molar-refractivity contribution in [3.05, 3.63) is 59.9 Å². The van der Waals surface area contributed by atoms with Crippen molar-refractivity contribution < 1.29 is 13.9 Å². The Morgan fingerprint density at radius 2 is 1.85 bits per heavy atom. The molecular weight excluding hydrogens is 448 g/mol. The van der Waals surface area contributed by atoms with E-state index in [-0.39, 0.29) is 29.8 Å². The zero-order valence-corrected chi connectivity index (χ0v) is 17.3. The maximum Gasteiger partial charge on any atom is 0.191 e. The van der Waals surface area contributed by atoms with Gasteiger partial charge in [0.05, 0.1) is 13.7 Å². The second-order valence-electron chi connectivity index (χ2n) is 5.32. The van der Waals surface area contributed by atoms with E-state index in [1.807, 2.05) is 30.3 Å². The Kier molecular flexibility index (Phi) is 10.5. The minimum Gasteiger partial charge on any atom is -0.497 e. The molecule has 0 saturated carbocycles. The zero-order valence-electron chi connectivity index (χ0n) is 15.0. The SMILES string of the molecule is CN=C(NCCCOc1cccc(OC)c1)NCc1ccccc1F.I. The summed E-state index contributed by atoms with van der Waals surface area (Å²) in [4.78, 5) is 4.13. The molecule has 0 heterocycles. The number of nitrogens with one attached hydrogen (secondary N) is 2. The predicted molar refractivity (Wildman–Crippen MR) is 113 cm³/mol. The van der Waals surface area contributed by atoms with E-state index in [4.69, 9.17) is 9.47 Å². The second-order valence-corrected chi connectivity index (χ2v) is 5.32. The fourth-order valence-electron chi connectivity index (χ4n) is 2.20. The number of benzene rings is 2. The molecule has 0 aromatic heterocycles. The molecule has 0 spiro atoms. The van der Waals surface area contributed by atoms with E-state index in [0.717, 1.165) is 17.9 Å². The van der Waals surface area contributed by atoms with Gasteiger partial charge in [0.15, 0.2) is 5.96 Å². The quantitative estimate of drug-likeness (QED) is 0.267. The average Bonchev–Trinajstić information content (AvgIpc) is 2.65. The van der Waals surface area contributed by atoms with Crippen LogP contribution in [-0.2, 0) is 6.54 Å². The van der Waals surface area contributed by atoms with Crippen molar-refractivity contribution in [2.45, 2.75) is 13.0 Å². The minimum atomic E-state index is -0.225. The first kappa shape index (κ1) is 22.0. The summed E-state index contributed by atoms with van der Waals surface area (Å²) in [6.07, 6.45) is 0.803. The molecule has 2 N–H and O–H groups in total. The van der Waals surface area contributed by atoms with Crippen molar-refractivity contribution >= 4 is 29.9 Å². The molecule has 0 amide bonds. The van der Waals surface area contributed by atoms with Gasteiger partial charge in [0.1, 0.15) is 17.3 Å². The van der Waals surface area contributed by atoms with Crippen molar-refractivity contribution in [3.8, 4) is 11.5 Å². The van der Waals surface area contributed by atoms with Gasteiger partial charge in [0.2, 0.25) is 0 Å². The van der Waals surface area contributed by atoms with E-state index < -0.39 is 0 Å². The summed E-state index contributed by atoms with van der Waals surface area (Å²) in [6.45, 7) is 1.65. The molecular formula is C19H25FIN3O2. The van der Waals surface area contributed by atoms with Crippen molar-refractivity contribution in [3.63, 3.8) is 0 Å². The number of nitrogens with zero attached hydrogens (tertiary/aromatic N) is 1. The Labute approximate surface area is 171 Å². The minimum absolute atomic E-state index is 0. The monoisotopic (exact) mass is 473 g/mol. The summed E-state index contributed by atoms with van der Waals surface area (Å²) in [5.41, 5.74) is 0.604. The first-order valence-electron chi connectivity index (χ1n) is 8.17. The predicted octanol–water partition coefficient (Wildman–Crippen LogP) is 3.59. The van der Waals surface area contributed by atoms with Crippen LogP contribution in [0.15, 0.2) is 53.5 Å². The van der Waals surface area contributed by atoms with Crippen LogP contribution in [0.1, 0.15) is 12.0 Å². The van der Waals surface area contributed by atoms with Crippen molar-refractivity contribution in [2.75, 3.05) is 27.3 Å². The van der Waals surface area contributed by atoms with Crippen LogP contribution in [-0.4, -0.2) is 33.3 Å². The van der Waals surface area contributed by atoms with Gasteiger partial charge in [-0.15, -0.1) is 24.0 Å². The van der Waals surface area contributed by atoms with Crippen LogP contribution in [0.25, 0.3) is 0 Å². The van der Waals surface area contributed by atoms with E-state index in [1.165, 1.54) is 6.07 Å². The van der Waals surface area contributed by atoms with Crippen LogP contribution in [0.4, 0.5) is 4.39 Å². The third-order valence-corrected chi connectivity index (χ3v) is 3.55. The first-order chi connectivity index (χ1) is 12.2. The highest BCUT2D eigenvalue weighted by atomic mass is 127. The van der Waals surface area contributed by atoms with Gasteiger partial charge in [-0.3, -0.25) is 4.99 Å². The Balaban J connectivity index is 0.00000338. The van der Waals surface area contributed by atoms with E-state index in [9.17, 15) is 4.39 Å². The van der Waals surface area contributed by atoms with Crippen molar-refractivity contribution in [1.82, 2.24) is 10.6 Å². The third kappa shape index (κ3) is 7.47. The van der Waals surface area contributed by atoms with Gasteiger partial charge in [0, 0.05) is 31.8 Å². The summed E-state index contributed by atoms with van der Waals surface area (Å²) >= 11 is 0. The highest BCUT2D eigenvalue weighted by Gasteiger charge is 2.02. The van der Waals surface area contributed by atoms with Crippen molar-refractivity contribution in [1.29, 1.82) is 0 Å². The summed E-state index contributed by atoms with van der Waals surface area (Å²) < 4.78 is 24.4. The number of methoxy groups -OCH3 is 1. The Morgan fingerprint density at radius 3 is 2.58 bits per heavy atom. The fraction of sp³-hybridized carbons (Fsp3) is 0.316. The number of ether oxygens (including phenoxy) is 2. The van der Waals surface area contributed by atoms with Crippen LogP contribution in [0.3, 0.4) is 0 Å². The molecule has 0 bridgehead atoms. The average molecular weight is 473 g/mol. The molecule has 2 rings (SSSR count). The lowest BCUT2D eigenvalue weighted by Crippen LogP contribution is -2.37. The maximum atomic E-state index is 13.6. The smallest absolute Gasteiger partial charge is 0.191 e. The largest absolute Gasteiger partial charge is 0.497 e. The molecule has 0 radical (unpaired) electrons. The van der Waals surface area contributed by atoms with Crippen LogP contribution in [0, 0.1) is 5.82 Å². The molecule has 0 aliphatic rings. The molecule has 5 nitrogen and oxygen atoms in total. The zero-order chi connectivity index (χ0) is 17.9. The third-order valence-electron chi connectivity index (χ3n) is 3.55. The summed E-state index contributed by atoms with van der Waals surface area (Å²) in [5, 5.41) is 6.27. The number of hydrogen-bond donors (Lipinski definition) is 2. The van der Waals surface area contributed by atoms with Crippen LogP contribution >= 0.6 is 24.0 Å². The summed E-state index contributed by atoms with van der Waals surface area (Å²) in [5.74, 6) is 1.96. The molecule has 0 fully saturated rings. The Bertz CT molecular complexity index is 698. The molecule has 0 atom stereocenters. The number of aliphatic imine (C=N–C) groups is 1.